The van der Waals surface area contributed by atoms with E-state index in [0.717, 1.165) is 18.1 Å². The molecule has 5 heteroatoms. The monoisotopic (exact) mass is 355 g/mol. The minimum atomic E-state index is 0.203. The number of phenols is 1. The zero-order valence-corrected chi connectivity index (χ0v) is 16.1. The predicted molar refractivity (Wildman–Crippen MR) is 107 cm³/mol. The molecule has 5 nitrogen and oxygen atoms in total. The Hall–Kier alpha value is -2.69. The Labute approximate surface area is 156 Å². The summed E-state index contributed by atoms with van der Waals surface area (Å²) in [7, 11) is 1.56. The first-order valence-corrected chi connectivity index (χ1v) is 8.98. The number of aliphatic imine (C=N–C) groups is 1. The fourth-order valence-electron chi connectivity index (χ4n) is 2.78. The van der Waals surface area contributed by atoms with Crippen molar-refractivity contribution >= 4 is 5.96 Å². The second kappa shape index (κ2) is 9.70. The highest BCUT2D eigenvalue weighted by Gasteiger charge is 2.07. The number of para-hydroxylation sites is 1. The van der Waals surface area contributed by atoms with Crippen molar-refractivity contribution in [3.63, 3.8) is 0 Å². The van der Waals surface area contributed by atoms with Gasteiger partial charge in [-0.05, 0) is 49.9 Å². The number of hydrogen-bond donors (Lipinski definition) is 3. The third-order valence-corrected chi connectivity index (χ3v) is 4.24. The minimum Gasteiger partial charge on any atom is -0.504 e. The van der Waals surface area contributed by atoms with E-state index < -0.39 is 0 Å². The van der Waals surface area contributed by atoms with Crippen LogP contribution in [0.15, 0.2) is 41.4 Å². The Kier molecular flexibility index (Phi) is 7.33. The highest BCUT2D eigenvalue weighted by molar-refractivity contribution is 5.79. The van der Waals surface area contributed by atoms with E-state index in [4.69, 9.17) is 4.74 Å². The normalized spacial score (nSPS) is 11.3. The Morgan fingerprint density at radius 2 is 1.92 bits per heavy atom. The lowest BCUT2D eigenvalue weighted by Crippen LogP contribution is -2.38. The van der Waals surface area contributed by atoms with E-state index in [0.29, 0.717) is 25.3 Å². The van der Waals surface area contributed by atoms with Crippen molar-refractivity contribution in [1.82, 2.24) is 10.6 Å². The van der Waals surface area contributed by atoms with Crippen LogP contribution in [0, 0.1) is 13.8 Å². The molecule has 0 aromatic heterocycles. The van der Waals surface area contributed by atoms with Gasteiger partial charge in [0.1, 0.15) is 0 Å². The van der Waals surface area contributed by atoms with Gasteiger partial charge >= 0.3 is 0 Å². The summed E-state index contributed by atoms with van der Waals surface area (Å²) in [6, 6.07) is 12.0. The number of guanidine groups is 1. The van der Waals surface area contributed by atoms with E-state index in [-0.39, 0.29) is 5.75 Å². The van der Waals surface area contributed by atoms with Gasteiger partial charge in [-0.1, -0.05) is 35.9 Å². The van der Waals surface area contributed by atoms with Gasteiger partial charge in [0, 0.05) is 13.1 Å². The van der Waals surface area contributed by atoms with Crippen LogP contribution >= 0.6 is 0 Å². The fourth-order valence-corrected chi connectivity index (χ4v) is 2.78. The lowest BCUT2D eigenvalue weighted by Gasteiger charge is -2.13. The SMILES string of the molecule is CCNC(=NCc1ccc(C)cc1C)NCCc1cccc(OC)c1O. The summed E-state index contributed by atoms with van der Waals surface area (Å²) in [4.78, 5) is 4.67. The maximum absolute atomic E-state index is 10.2. The van der Waals surface area contributed by atoms with Crippen LogP contribution in [0.2, 0.25) is 0 Å². The number of aromatic hydroxyl groups is 1. The topological polar surface area (TPSA) is 65.9 Å². The Bertz CT molecular complexity index is 757. The molecule has 0 atom stereocenters. The van der Waals surface area contributed by atoms with E-state index in [1.165, 1.54) is 16.7 Å². The number of nitrogens with zero attached hydrogens (tertiary/aromatic N) is 1. The lowest BCUT2D eigenvalue weighted by atomic mass is 10.1. The van der Waals surface area contributed by atoms with E-state index in [1.54, 1.807) is 13.2 Å². The third-order valence-electron chi connectivity index (χ3n) is 4.24. The Morgan fingerprint density at radius 1 is 1.12 bits per heavy atom. The summed E-state index contributed by atoms with van der Waals surface area (Å²) in [5, 5.41) is 16.7. The number of nitrogens with one attached hydrogen (secondary N) is 2. The summed E-state index contributed by atoms with van der Waals surface area (Å²) in [6.07, 6.45) is 0.678. The molecular formula is C21H29N3O2. The molecule has 2 rings (SSSR count). The van der Waals surface area contributed by atoms with Crippen LogP contribution < -0.4 is 15.4 Å². The van der Waals surface area contributed by atoms with Gasteiger partial charge in [-0.15, -0.1) is 0 Å². The average molecular weight is 355 g/mol. The molecule has 0 amide bonds. The number of rotatable bonds is 7. The summed E-state index contributed by atoms with van der Waals surface area (Å²) in [5.41, 5.74) is 4.59. The summed E-state index contributed by atoms with van der Waals surface area (Å²) >= 11 is 0. The fraction of sp³-hybridized carbons (Fsp3) is 0.381. The van der Waals surface area contributed by atoms with Crippen molar-refractivity contribution in [2.75, 3.05) is 20.2 Å². The summed E-state index contributed by atoms with van der Waals surface area (Å²) in [6.45, 7) is 8.35. The second-order valence-electron chi connectivity index (χ2n) is 6.27. The van der Waals surface area contributed by atoms with E-state index in [9.17, 15) is 5.11 Å². The lowest BCUT2D eigenvalue weighted by molar-refractivity contribution is 0.370. The molecule has 0 bridgehead atoms. The molecule has 0 fully saturated rings. The largest absolute Gasteiger partial charge is 0.504 e. The van der Waals surface area contributed by atoms with Crippen LogP contribution in [-0.4, -0.2) is 31.3 Å². The molecule has 0 aliphatic carbocycles. The van der Waals surface area contributed by atoms with Crippen LogP contribution in [0.5, 0.6) is 11.5 Å². The maximum Gasteiger partial charge on any atom is 0.191 e. The van der Waals surface area contributed by atoms with Gasteiger partial charge < -0.3 is 20.5 Å². The number of ether oxygens (including phenoxy) is 1. The molecule has 26 heavy (non-hydrogen) atoms. The van der Waals surface area contributed by atoms with Crippen molar-refractivity contribution in [3.8, 4) is 11.5 Å². The third kappa shape index (κ3) is 5.41. The van der Waals surface area contributed by atoms with Crippen LogP contribution in [0.3, 0.4) is 0 Å². The molecule has 0 aliphatic rings. The molecule has 140 valence electrons. The van der Waals surface area contributed by atoms with Crippen LogP contribution in [0.4, 0.5) is 0 Å². The van der Waals surface area contributed by atoms with Gasteiger partial charge in [0.05, 0.1) is 13.7 Å². The number of aryl methyl sites for hydroxylation is 2. The number of hydrogen-bond acceptors (Lipinski definition) is 3. The van der Waals surface area contributed by atoms with E-state index in [1.807, 2.05) is 19.1 Å². The second-order valence-corrected chi connectivity index (χ2v) is 6.27. The van der Waals surface area contributed by atoms with Crippen molar-refractivity contribution in [3.05, 3.63) is 58.7 Å². The smallest absolute Gasteiger partial charge is 0.191 e. The Morgan fingerprint density at radius 3 is 2.62 bits per heavy atom. The average Bonchev–Trinajstić information content (AvgIpc) is 2.62. The van der Waals surface area contributed by atoms with Crippen LogP contribution in [0.1, 0.15) is 29.2 Å². The van der Waals surface area contributed by atoms with Crippen molar-refractivity contribution < 1.29 is 9.84 Å². The van der Waals surface area contributed by atoms with Gasteiger partial charge in [-0.25, -0.2) is 4.99 Å². The van der Waals surface area contributed by atoms with Gasteiger partial charge in [0.2, 0.25) is 0 Å². The molecule has 0 radical (unpaired) electrons. The molecular weight excluding hydrogens is 326 g/mol. The zero-order chi connectivity index (χ0) is 18.9. The minimum absolute atomic E-state index is 0.203. The number of methoxy groups -OCH3 is 1. The highest BCUT2D eigenvalue weighted by atomic mass is 16.5. The molecule has 0 heterocycles. The highest BCUT2D eigenvalue weighted by Crippen LogP contribution is 2.29. The quantitative estimate of drug-likeness (QED) is 0.527. The first-order valence-electron chi connectivity index (χ1n) is 8.98. The Balaban J connectivity index is 1.97. The van der Waals surface area contributed by atoms with Gasteiger partial charge in [0.25, 0.3) is 0 Å². The van der Waals surface area contributed by atoms with E-state index >= 15 is 0 Å². The van der Waals surface area contributed by atoms with Crippen molar-refractivity contribution in [1.29, 1.82) is 0 Å². The van der Waals surface area contributed by atoms with Crippen LogP contribution in [-0.2, 0) is 13.0 Å². The standard InChI is InChI=1S/C21H29N3O2/c1-5-22-21(24-14-18-10-9-15(2)13-16(18)3)23-12-11-17-7-6-8-19(26-4)20(17)25/h6-10,13,25H,5,11-12,14H2,1-4H3,(H2,22,23,24). The van der Waals surface area contributed by atoms with Crippen LogP contribution in [0.25, 0.3) is 0 Å². The summed E-state index contributed by atoms with van der Waals surface area (Å²) < 4.78 is 5.15. The summed E-state index contributed by atoms with van der Waals surface area (Å²) in [5.74, 6) is 1.47. The number of phenolic OH excluding ortho intramolecular Hbond substituents is 1. The predicted octanol–water partition coefficient (Wildman–Crippen LogP) is 3.32. The molecule has 0 saturated heterocycles. The van der Waals surface area contributed by atoms with Gasteiger partial charge in [-0.2, -0.15) is 0 Å². The molecule has 0 spiro atoms. The van der Waals surface area contributed by atoms with Crippen molar-refractivity contribution in [2.45, 2.75) is 33.7 Å². The van der Waals surface area contributed by atoms with Gasteiger partial charge in [-0.3, -0.25) is 0 Å². The first kappa shape index (κ1) is 19.6. The molecule has 0 saturated carbocycles. The zero-order valence-electron chi connectivity index (χ0n) is 16.1. The maximum atomic E-state index is 10.2. The molecule has 2 aromatic carbocycles. The molecule has 2 aromatic rings. The number of benzene rings is 2. The van der Waals surface area contributed by atoms with Gasteiger partial charge in [0.15, 0.2) is 17.5 Å². The molecule has 3 N–H and O–H groups in total. The van der Waals surface area contributed by atoms with E-state index in [2.05, 4.69) is 47.7 Å². The molecule has 0 unspecified atom stereocenters. The van der Waals surface area contributed by atoms with Crippen molar-refractivity contribution in [2.24, 2.45) is 4.99 Å². The first-order chi connectivity index (χ1) is 12.5. The molecule has 0 aliphatic heterocycles.